The molecule has 0 saturated carbocycles. The van der Waals surface area contributed by atoms with Gasteiger partial charge in [0.1, 0.15) is 5.00 Å². The number of hydrogen-bond acceptors (Lipinski definition) is 3. The Balaban J connectivity index is 3.14. The Morgan fingerprint density at radius 2 is 2.38 bits per heavy atom. The first-order chi connectivity index (χ1) is 3.70. The molecule has 2 N–H and O–H groups in total. The monoisotopic (exact) mass is 240 g/mol. The van der Waals surface area contributed by atoms with Crippen LogP contribution in [-0.2, 0) is 0 Å². The van der Waals surface area contributed by atoms with E-state index in [1.807, 2.05) is 6.92 Å². The van der Waals surface area contributed by atoms with Crippen LogP contribution in [0.25, 0.3) is 0 Å². The van der Waals surface area contributed by atoms with Gasteiger partial charge in [-0.05, 0) is 29.5 Å². The molecule has 1 heterocycles. The van der Waals surface area contributed by atoms with Crippen LogP contribution >= 0.6 is 33.9 Å². The summed E-state index contributed by atoms with van der Waals surface area (Å²) in [5, 5.41) is 0.828. The van der Waals surface area contributed by atoms with Crippen LogP contribution in [0.2, 0.25) is 0 Å². The summed E-state index contributed by atoms with van der Waals surface area (Å²) < 4.78 is 1.01. The number of aromatic nitrogens is 1. The molecule has 0 unspecified atom stereocenters. The first kappa shape index (κ1) is 6.28. The van der Waals surface area contributed by atoms with Gasteiger partial charge < -0.3 is 5.73 Å². The molecule has 0 aliphatic carbocycles. The van der Waals surface area contributed by atoms with Crippen molar-refractivity contribution in [1.29, 1.82) is 0 Å². The Bertz CT molecular complexity index is 176. The van der Waals surface area contributed by atoms with Crippen molar-refractivity contribution in [2.45, 2.75) is 6.92 Å². The van der Waals surface area contributed by atoms with Crippen LogP contribution < -0.4 is 5.73 Å². The molecule has 0 atom stereocenters. The van der Waals surface area contributed by atoms with Crippen molar-refractivity contribution in [2.24, 2.45) is 0 Å². The van der Waals surface area contributed by atoms with Gasteiger partial charge in [0.2, 0.25) is 0 Å². The summed E-state index contributed by atoms with van der Waals surface area (Å²) in [6.45, 7) is 1.91. The van der Waals surface area contributed by atoms with Crippen LogP contribution in [0.15, 0.2) is 0 Å². The molecule has 0 amide bonds. The summed E-state index contributed by atoms with van der Waals surface area (Å²) in [4.78, 5) is 4.09. The van der Waals surface area contributed by atoms with Gasteiger partial charge in [-0.25, -0.2) is 4.98 Å². The minimum Gasteiger partial charge on any atom is -0.389 e. The zero-order valence-electron chi connectivity index (χ0n) is 4.31. The van der Waals surface area contributed by atoms with Gasteiger partial charge in [-0.3, -0.25) is 0 Å². The molecule has 0 bridgehead atoms. The second-order valence-electron chi connectivity index (χ2n) is 1.42. The largest absolute Gasteiger partial charge is 0.389 e. The van der Waals surface area contributed by atoms with E-state index in [-0.39, 0.29) is 0 Å². The molecule has 0 aromatic carbocycles. The van der Waals surface area contributed by atoms with Crippen molar-refractivity contribution in [2.75, 3.05) is 5.73 Å². The van der Waals surface area contributed by atoms with E-state index in [2.05, 4.69) is 27.6 Å². The number of nitrogens with two attached hydrogens (primary N) is 1. The Kier molecular flexibility index (Phi) is 1.71. The van der Waals surface area contributed by atoms with Gasteiger partial charge in [0.25, 0.3) is 0 Å². The summed E-state index contributed by atoms with van der Waals surface area (Å²) in [6.07, 6.45) is 0. The standard InChI is InChI=1S/C4H5IN2S/c1-2-3(6)8-4(5)7-2/h6H2,1H3. The molecular weight excluding hydrogens is 235 g/mol. The molecular formula is C4H5IN2S. The van der Waals surface area contributed by atoms with Gasteiger partial charge in [0.05, 0.1) is 5.69 Å². The predicted molar refractivity (Wildman–Crippen MR) is 44.0 cm³/mol. The van der Waals surface area contributed by atoms with E-state index < -0.39 is 0 Å². The van der Waals surface area contributed by atoms with Crippen molar-refractivity contribution >= 4 is 38.9 Å². The molecule has 0 fully saturated rings. The normalized spacial score (nSPS) is 9.75. The molecule has 1 rings (SSSR count). The van der Waals surface area contributed by atoms with Crippen LogP contribution in [0.1, 0.15) is 5.69 Å². The van der Waals surface area contributed by atoms with Crippen molar-refractivity contribution < 1.29 is 0 Å². The number of hydrogen-bond donors (Lipinski definition) is 1. The lowest BCUT2D eigenvalue weighted by Crippen LogP contribution is -1.81. The molecule has 4 heteroatoms. The summed E-state index contributed by atoms with van der Waals surface area (Å²) in [7, 11) is 0. The number of anilines is 1. The SMILES string of the molecule is Cc1nc(I)sc1N. The maximum atomic E-state index is 5.49. The van der Waals surface area contributed by atoms with Crippen molar-refractivity contribution in [1.82, 2.24) is 4.98 Å². The highest BCUT2D eigenvalue weighted by Crippen LogP contribution is 2.20. The second-order valence-corrected chi connectivity index (χ2v) is 4.20. The average Bonchev–Trinajstić information content (AvgIpc) is 1.85. The van der Waals surface area contributed by atoms with Crippen molar-refractivity contribution in [3.05, 3.63) is 8.71 Å². The van der Waals surface area contributed by atoms with Crippen LogP contribution in [0.3, 0.4) is 0 Å². The highest BCUT2D eigenvalue weighted by atomic mass is 127. The van der Waals surface area contributed by atoms with E-state index in [1.54, 1.807) is 0 Å². The Morgan fingerprint density at radius 1 is 1.75 bits per heavy atom. The minimum absolute atomic E-state index is 0.828. The predicted octanol–water partition coefficient (Wildman–Crippen LogP) is 1.64. The second kappa shape index (κ2) is 2.18. The van der Waals surface area contributed by atoms with Gasteiger partial charge in [-0.15, -0.1) is 0 Å². The molecule has 0 saturated heterocycles. The van der Waals surface area contributed by atoms with Gasteiger partial charge in [-0.2, -0.15) is 0 Å². The molecule has 0 aliphatic rings. The van der Waals surface area contributed by atoms with Gasteiger partial charge in [0, 0.05) is 0 Å². The highest BCUT2D eigenvalue weighted by molar-refractivity contribution is 14.1. The summed E-state index contributed by atoms with van der Waals surface area (Å²) in [6, 6.07) is 0. The van der Waals surface area contributed by atoms with Crippen molar-refractivity contribution in [3.8, 4) is 0 Å². The molecule has 0 spiro atoms. The van der Waals surface area contributed by atoms with Crippen LogP contribution in [0.4, 0.5) is 5.00 Å². The molecule has 2 nitrogen and oxygen atoms in total. The first-order valence-corrected chi connectivity index (χ1v) is 3.98. The van der Waals surface area contributed by atoms with Crippen LogP contribution in [0.5, 0.6) is 0 Å². The Hall–Kier alpha value is 0.160. The molecule has 0 radical (unpaired) electrons. The summed E-state index contributed by atoms with van der Waals surface area (Å²) in [5.41, 5.74) is 6.44. The van der Waals surface area contributed by atoms with Crippen LogP contribution in [-0.4, -0.2) is 4.98 Å². The summed E-state index contributed by atoms with van der Waals surface area (Å²) in [5.74, 6) is 0. The minimum atomic E-state index is 0.828. The Labute approximate surface area is 65.3 Å². The lowest BCUT2D eigenvalue weighted by molar-refractivity contribution is 1.24. The first-order valence-electron chi connectivity index (χ1n) is 2.08. The molecule has 0 aliphatic heterocycles. The lowest BCUT2D eigenvalue weighted by Gasteiger charge is -1.78. The van der Waals surface area contributed by atoms with E-state index in [1.165, 1.54) is 11.3 Å². The van der Waals surface area contributed by atoms with Gasteiger partial charge >= 0.3 is 0 Å². The number of rotatable bonds is 0. The smallest absolute Gasteiger partial charge is 0.156 e. The molecule has 1 aromatic rings. The zero-order chi connectivity index (χ0) is 6.15. The van der Waals surface area contributed by atoms with E-state index in [0.29, 0.717) is 0 Å². The average molecular weight is 240 g/mol. The quantitative estimate of drug-likeness (QED) is 0.700. The Morgan fingerprint density at radius 3 is 2.50 bits per heavy atom. The zero-order valence-corrected chi connectivity index (χ0v) is 7.28. The number of nitrogen functional groups attached to an aromatic ring is 1. The van der Waals surface area contributed by atoms with E-state index in [9.17, 15) is 0 Å². The number of aryl methyl sites for hydroxylation is 1. The third kappa shape index (κ3) is 1.11. The number of nitrogens with zero attached hydrogens (tertiary/aromatic N) is 1. The third-order valence-corrected chi connectivity index (χ3v) is 2.48. The fraction of sp³-hybridized carbons (Fsp3) is 0.250. The fourth-order valence-corrected chi connectivity index (χ4v) is 2.01. The molecule has 44 valence electrons. The van der Waals surface area contributed by atoms with E-state index in [0.717, 1.165) is 13.7 Å². The van der Waals surface area contributed by atoms with Crippen LogP contribution in [0, 0.1) is 9.94 Å². The lowest BCUT2D eigenvalue weighted by atomic mass is 10.5. The van der Waals surface area contributed by atoms with Crippen molar-refractivity contribution in [3.63, 3.8) is 0 Å². The number of thiazole rings is 1. The van der Waals surface area contributed by atoms with Gasteiger partial charge in [-0.1, -0.05) is 11.3 Å². The van der Waals surface area contributed by atoms with Gasteiger partial charge in [0.15, 0.2) is 3.01 Å². The summed E-state index contributed by atoms with van der Waals surface area (Å²) >= 11 is 3.68. The van der Waals surface area contributed by atoms with E-state index >= 15 is 0 Å². The van der Waals surface area contributed by atoms with E-state index in [4.69, 9.17) is 5.73 Å². The third-order valence-electron chi connectivity index (χ3n) is 0.806. The maximum Gasteiger partial charge on any atom is 0.156 e. The highest BCUT2D eigenvalue weighted by Gasteiger charge is 1.97. The maximum absolute atomic E-state index is 5.49. The molecule has 8 heavy (non-hydrogen) atoms. The molecule has 1 aromatic heterocycles. The topological polar surface area (TPSA) is 38.9 Å². The number of halogens is 1. The fourth-order valence-electron chi connectivity index (χ4n) is 0.374.